The third-order valence-corrected chi connectivity index (χ3v) is 3.63. The van der Waals surface area contributed by atoms with Crippen LogP contribution in [0.3, 0.4) is 0 Å². The van der Waals surface area contributed by atoms with Gasteiger partial charge in [-0.15, -0.1) is 0 Å². The third kappa shape index (κ3) is 8.80. The van der Waals surface area contributed by atoms with Crippen LogP contribution in [0.2, 0.25) is 0 Å². The minimum atomic E-state index is -0.136. The van der Waals surface area contributed by atoms with Crippen LogP contribution in [0.5, 0.6) is 0 Å². The van der Waals surface area contributed by atoms with E-state index in [0.717, 1.165) is 32.5 Å². The quantitative estimate of drug-likeness (QED) is 0.440. The summed E-state index contributed by atoms with van der Waals surface area (Å²) in [5, 5.41) is 0. The van der Waals surface area contributed by atoms with Gasteiger partial charge in [0.2, 0.25) is 0 Å². The normalized spacial score (nSPS) is 10.9. The summed E-state index contributed by atoms with van der Waals surface area (Å²) in [5.74, 6) is -0.136. The van der Waals surface area contributed by atoms with Gasteiger partial charge in [0.25, 0.3) is 0 Å². The summed E-state index contributed by atoms with van der Waals surface area (Å²) in [7, 11) is 0. The number of aryl methyl sites for hydroxylation is 1. The van der Waals surface area contributed by atoms with Crippen molar-refractivity contribution in [2.75, 3.05) is 39.5 Å². The average Bonchev–Trinajstić information content (AvgIpc) is 2.55. The maximum absolute atomic E-state index is 11.6. The number of ether oxygens (including phenoxy) is 2. The Morgan fingerprint density at radius 3 is 2.45 bits per heavy atom. The number of likely N-dealkylation sites (N-methyl/N-ethyl adjacent to an activating group) is 1. The summed E-state index contributed by atoms with van der Waals surface area (Å²) in [6, 6.07) is 10.2. The number of hydrogen-bond acceptors (Lipinski definition) is 4. The maximum Gasteiger partial charge on any atom is 0.305 e. The predicted molar refractivity (Wildman–Crippen MR) is 88.9 cm³/mol. The van der Waals surface area contributed by atoms with Crippen LogP contribution in [-0.2, 0) is 20.7 Å². The van der Waals surface area contributed by atoms with E-state index < -0.39 is 0 Å². The number of carbonyl (C=O) groups is 1. The van der Waals surface area contributed by atoms with Crippen molar-refractivity contribution in [3.8, 4) is 0 Å². The van der Waals surface area contributed by atoms with Crippen LogP contribution in [0, 0.1) is 0 Å². The van der Waals surface area contributed by atoms with Crippen molar-refractivity contribution in [1.82, 2.24) is 4.90 Å². The van der Waals surface area contributed by atoms with Gasteiger partial charge in [0, 0.05) is 13.0 Å². The lowest BCUT2D eigenvalue weighted by atomic mass is 10.1. The van der Waals surface area contributed by atoms with Gasteiger partial charge in [-0.3, -0.25) is 4.79 Å². The van der Waals surface area contributed by atoms with Gasteiger partial charge >= 0.3 is 5.97 Å². The summed E-state index contributed by atoms with van der Waals surface area (Å²) in [4.78, 5) is 13.9. The summed E-state index contributed by atoms with van der Waals surface area (Å²) >= 11 is 0. The Morgan fingerprint density at radius 2 is 1.77 bits per heavy atom. The average molecular weight is 307 g/mol. The molecule has 0 unspecified atom stereocenters. The summed E-state index contributed by atoms with van der Waals surface area (Å²) in [6.07, 6.45) is 2.20. The summed E-state index contributed by atoms with van der Waals surface area (Å²) in [6.45, 7) is 8.80. The zero-order valence-electron chi connectivity index (χ0n) is 13.9. The van der Waals surface area contributed by atoms with Crippen LogP contribution in [0.4, 0.5) is 0 Å². The van der Waals surface area contributed by atoms with Crippen molar-refractivity contribution in [3.05, 3.63) is 35.9 Å². The molecule has 0 N–H and O–H groups in total. The lowest BCUT2D eigenvalue weighted by molar-refractivity contribution is -0.145. The molecule has 0 aliphatic rings. The first-order valence-electron chi connectivity index (χ1n) is 8.25. The van der Waals surface area contributed by atoms with Gasteiger partial charge in [-0.2, -0.15) is 0 Å². The van der Waals surface area contributed by atoms with E-state index in [-0.39, 0.29) is 5.97 Å². The van der Waals surface area contributed by atoms with E-state index in [0.29, 0.717) is 26.2 Å². The molecule has 0 amide bonds. The monoisotopic (exact) mass is 307 g/mol. The standard InChI is InChI=1S/C18H29NO3/c1-3-19(4-2)13-14-21-15-16-22-18(20)12-8-11-17-9-6-5-7-10-17/h5-7,9-10H,3-4,8,11-16H2,1-2H3. The van der Waals surface area contributed by atoms with E-state index in [4.69, 9.17) is 9.47 Å². The van der Waals surface area contributed by atoms with Gasteiger partial charge in [-0.05, 0) is 31.5 Å². The van der Waals surface area contributed by atoms with E-state index in [1.54, 1.807) is 0 Å². The molecular weight excluding hydrogens is 278 g/mol. The minimum Gasteiger partial charge on any atom is -0.463 e. The molecule has 124 valence electrons. The highest BCUT2D eigenvalue weighted by atomic mass is 16.6. The summed E-state index contributed by atoms with van der Waals surface area (Å²) < 4.78 is 10.6. The Hall–Kier alpha value is -1.39. The molecule has 0 bridgehead atoms. The molecule has 1 aromatic carbocycles. The molecule has 0 atom stereocenters. The Labute approximate surface area is 134 Å². The predicted octanol–water partition coefficient (Wildman–Crippen LogP) is 2.91. The largest absolute Gasteiger partial charge is 0.463 e. The molecule has 0 aromatic heterocycles. The molecule has 0 aliphatic heterocycles. The highest BCUT2D eigenvalue weighted by molar-refractivity contribution is 5.69. The van der Waals surface area contributed by atoms with Gasteiger partial charge in [-0.25, -0.2) is 0 Å². The SMILES string of the molecule is CCN(CC)CCOCCOC(=O)CCCc1ccccc1. The number of carbonyl (C=O) groups excluding carboxylic acids is 1. The van der Waals surface area contributed by atoms with E-state index in [1.807, 2.05) is 18.2 Å². The molecule has 0 fully saturated rings. The molecule has 0 saturated carbocycles. The Kier molecular flexibility index (Phi) is 10.3. The number of nitrogens with zero attached hydrogens (tertiary/aromatic N) is 1. The van der Waals surface area contributed by atoms with Crippen LogP contribution in [0.15, 0.2) is 30.3 Å². The van der Waals surface area contributed by atoms with E-state index in [9.17, 15) is 4.79 Å². The summed E-state index contributed by atoms with van der Waals surface area (Å²) in [5.41, 5.74) is 1.26. The van der Waals surface area contributed by atoms with Crippen molar-refractivity contribution in [1.29, 1.82) is 0 Å². The number of benzene rings is 1. The van der Waals surface area contributed by atoms with Crippen molar-refractivity contribution in [3.63, 3.8) is 0 Å². The zero-order chi connectivity index (χ0) is 16.0. The zero-order valence-corrected chi connectivity index (χ0v) is 13.9. The fraction of sp³-hybridized carbons (Fsp3) is 0.611. The van der Waals surface area contributed by atoms with Crippen LogP contribution >= 0.6 is 0 Å². The smallest absolute Gasteiger partial charge is 0.305 e. The first-order chi connectivity index (χ1) is 10.8. The molecule has 22 heavy (non-hydrogen) atoms. The fourth-order valence-electron chi connectivity index (χ4n) is 2.20. The minimum absolute atomic E-state index is 0.136. The topological polar surface area (TPSA) is 38.8 Å². The molecule has 1 aromatic rings. The Morgan fingerprint density at radius 1 is 1.05 bits per heavy atom. The molecule has 0 heterocycles. The third-order valence-electron chi connectivity index (χ3n) is 3.63. The molecule has 0 spiro atoms. The van der Waals surface area contributed by atoms with Gasteiger partial charge < -0.3 is 14.4 Å². The highest BCUT2D eigenvalue weighted by Gasteiger charge is 2.03. The van der Waals surface area contributed by atoms with Crippen LogP contribution in [0.1, 0.15) is 32.3 Å². The van der Waals surface area contributed by atoms with Crippen molar-refractivity contribution >= 4 is 5.97 Å². The molecule has 0 saturated heterocycles. The molecule has 0 aliphatic carbocycles. The van der Waals surface area contributed by atoms with Crippen molar-refractivity contribution in [2.24, 2.45) is 0 Å². The second kappa shape index (κ2) is 12.2. The molecule has 4 heteroatoms. The Balaban J connectivity index is 1.95. The Bertz CT molecular complexity index is 391. The fourth-order valence-corrected chi connectivity index (χ4v) is 2.20. The first-order valence-corrected chi connectivity index (χ1v) is 8.25. The first kappa shape index (κ1) is 18.7. The second-order valence-electron chi connectivity index (χ2n) is 5.20. The van der Waals surface area contributed by atoms with Crippen LogP contribution in [-0.4, -0.2) is 50.3 Å². The lowest BCUT2D eigenvalue weighted by Crippen LogP contribution is -2.27. The molecule has 0 radical (unpaired) electrons. The second-order valence-corrected chi connectivity index (χ2v) is 5.20. The van der Waals surface area contributed by atoms with E-state index in [2.05, 4.69) is 30.9 Å². The van der Waals surface area contributed by atoms with E-state index >= 15 is 0 Å². The van der Waals surface area contributed by atoms with Gasteiger partial charge in [0.1, 0.15) is 6.61 Å². The molecule has 4 nitrogen and oxygen atoms in total. The van der Waals surface area contributed by atoms with Gasteiger partial charge in [-0.1, -0.05) is 44.2 Å². The molecule has 1 rings (SSSR count). The van der Waals surface area contributed by atoms with Gasteiger partial charge in [0.05, 0.1) is 13.2 Å². The van der Waals surface area contributed by atoms with Crippen LogP contribution < -0.4 is 0 Å². The lowest BCUT2D eigenvalue weighted by Gasteiger charge is -2.17. The maximum atomic E-state index is 11.6. The van der Waals surface area contributed by atoms with Crippen molar-refractivity contribution < 1.29 is 14.3 Å². The van der Waals surface area contributed by atoms with E-state index in [1.165, 1.54) is 5.56 Å². The number of esters is 1. The number of hydrogen-bond donors (Lipinski definition) is 0. The van der Waals surface area contributed by atoms with Crippen molar-refractivity contribution in [2.45, 2.75) is 33.1 Å². The highest BCUT2D eigenvalue weighted by Crippen LogP contribution is 2.05. The van der Waals surface area contributed by atoms with Gasteiger partial charge in [0.15, 0.2) is 0 Å². The van der Waals surface area contributed by atoms with Crippen LogP contribution in [0.25, 0.3) is 0 Å². The number of rotatable bonds is 12. The molecular formula is C18H29NO3.